The highest BCUT2D eigenvalue weighted by Crippen LogP contribution is 2.33. The second-order valence-electron chi connectivity index (χ2n) is 7.88. The molecule has 0 bridgehead atoms. The van der Waals surface area contributed by atoms with Crippen molar-refractivity contribution in [1.82, 2.24) is 9.97 Å². The number of halogens is 2. The van der Waals surface area contributed by atoms with Crippen LogP contribution in [-0.2, 0) is 14.6 Å². The van der Waals surface area contributed by atoms with E-state index in [4.69, 9.17) is 21.1 Å². The third-order valence-electron chi connectivity index (χ3n) is 5.48. The van der Waals surface area contributed by atoms with Gasteiger partial charge in [0.2, 0.25) is 0 Å². The predicted molar refractivity (Wildman–Crippen MR) is 134 cm³/mol. The molecule has 7 nitrogen and oxygen atoms in total. The van der Waals surface area contributed by atoms with Crippen molar-refractivity contribution in [3.8, 4) is 16.9 Å². The van der Waals surface area contributed by atoms with Gasteiger partial charge in [0.15, 0.2) is 15.0 Å². The van der Waals surface area contributed by atoms with Crippen molar-refractivity contribution in [2.45, 2.75) is 12.5 Å². The molecule has 4 aromatic rings. The van der Waals surface area contributed by atoms with E-state index in [1.165, 1.54) is 12.1 Å². The molecular formula is C25H21ClFN3O4S. The molecule has 1 N–H and O–H groups in total. The SMILES string of the molecule is C=O.O=S1(=O)CCC(Oc2ccnc3ccc(-c4cnc(Cl)c(Nc5ccc(F)cc5)c4)cc23)C1. The molecule has 1 fully saturated rings. The van der Waals surface area contributed by atoms with Crippen molar-refractivity contribution < 1.29 is 22.3 Å². The van der Waals surface area contributed by atoms with E-state index < -0.39 is 9.84 Å². The summed E-state index contributed by atoms with van der Waals surface area (Å²) < 4.78 is 42.9. The molecule has 0 saturated carbocycles. The molecule has 0 amide bonds. The Hall–Kier alpha value is -3.56. The van der Waals surface area contributed by atoms with Gasteiger partial charge in [-0.2, -0.15) is 0 Å². The van der Waals surface area contributed by atoms with Crippen LogP contribution in [0.5, 0.6) is 5.75 Å². The van der Waals surface area contributed by atoms with E-state index in [0.29, 0.717) is 23.5 Å². The molecule has 5 rings (SSSR count). The molecule has 35 heavy (non-hydrogen) atoms. The summed E-state index contributed by atoms with van der Waals surface area (Å²) in [7, 11) is -3.05. The fourth-order valence-electron chi connectivity index (χ4n) is 3.82. The fourth-order valence-corrected chi connectivity index (χ4v) is 5.56. The summed E-state index contributed by atoms with van der Waals surface area (Å²) >= 11 is 6.28. The summed E-state index contributed by atoms with van der Waals surface area (Å²) in [5.41, 5.74) is 3.68. The number of rotatable bonds is 5. The van der Waals surface area contributed by atoms with Crippen LogP contribution in [0.4, 0.5) is 15.8 Å². The Morgan fingerprint density at radius 2 is 1.80 bits per heavy atom. The van der Waals surface area contributed by atoms with E-state index in [0.717, 1.165) is 22.0 Å². The zero-order valence-corrected chi connectivity index (χ0v) is 20.0. The number of pyridine rings is 2. The van der Waals surface area contributed by atoms with E-state index in [9.17, 15) is 12.8 Å². The zero-order valence-electron chi connectivity index (χ0n) is 18.4. The lowest BCUT2D eigenvalue weighted by Crippen LogP contribution is -2.17. The summed E-state index contributed by atoms with van der Waals surface area (Å²) in [5.74, 6) is 0.439. The van der Waals surface area contributed by atoms with Crippen LogP contribution in [0, 0.1) is 5.82 Å². The number of nitrogens with one attached hydrogen (secondary N) is 1. The normalized spacial score (nSPS) is 16.3. The van der Waals surface area contributed by atoms with Crippen molar-refractivity contribution in [1.29, 1.82) is 0 Å². The third-order valence-corrected chi connectivity index (χ3v) is 7.52. The second-order valence-corrected chi connectivity index (χ2v) is 10.5. The van der Waals surface area contributed by atoms with Crippen LogP contribution in [-0.4, -0.2) is 42.8 Å². The van der Waals surface area contributed by atoms with E-state index in [-0.39, 0.29) is 28.6 Å². The van der Waals surface area contributed by atoms with Gasteiger partial charge in [-0.1, -0.05) is 17.7 Å². The van der Waals surface area contributed by atoms with Crippen LogP contribution in [0.3, 0.4) is 0 Å². The molecule has 1 saturated heterocycles. The van der Waals surface area contributed by atoms with Crippen LogP contribution in [0.25, 0.3) is 22.0 Å². The molecule has 0 radical (unpaired) electrons. The Kier molecular flexibility index (Phi) is 7.28. The van der Waals surface area contributed by atoms with Crippen LogP contribution in [0.15, 0.2) is 67.0 Å². The molecule has 1 atom stereocenters. The first kappa shape index (κ1) is 24.6. The zero-order chi connectivity index (χ0) is 25.0. The van der Waals surface area contributed by atoms with E-state index >= 15 is 0 Å². The minimum atomic E-state index is -3.05. The average molecular weight is 514 g/mol. The number of anilines is 2. The number of hydrogen-bond donors (Lipinski definition) is 1. The largest absolute Gasteiger partial charge is 0.489 e. The number of nitrogens with zero attached hydrogens (tertiary/aromatic N) is 2. The van der Waals surface area contributed by atoms with Crippen LogP contribution >= 0.6 is 11.6 Å². The third kappa shape index (κ3) is 5.75. The first-order valence-corrected chi connectivity index (χ1v) is 12.8. The minimum absolute atomic E-state index is 0.0238. The highest BCUT2D eigenvalue weighted by atomic mass is 35.5. The summed E-state index contributed by atoms with van der Waals surface area (Å²) in [6.45, 7) is 2.00. The maximum Gasteiger partial charge on any atom is 0.154 e. The smallest absolute Gasteiger partial charge is 0.154 e. The van der Waals surface area contributed by atoms with E-state index in [1.807, 2.05) is 31.1 Å². The summed E-state index contributed by atoms with van der Waals surface area (Å²) in [6.07, 6.45) is 3.42. The number of aromatic nitrogens is 2. The first-order chi connectivity index (χ1) is 16.9. The number of hydrogen-bond acceptors (Lipinski definition) is 7. The van der Waals surface area contributed by atoms with Gasteiger partial charge in [-0.3, -0.25) is 4.98 Å². The molecule has 0 aliphatic carbocycles. The number of fused-ring (bicyclic) bond motifs is 1. The minimum Gasteiger partial charge on any atom is -0.489 e. The van der Waals surface area contributed by atoms with Gasteiger partial charge in [-0.25, -0.2) is 17.8 Å². The van der Waals surface area contributed by atoms with Crippen molar-refractivity contribution >= 4 is 50.5 Å². The average Bonchev–Trinajstić information content (AvgIpc) is 3.21. The molecule has 0 spiro atoms. The number of ether oxygens (including phenoxy) is 1. The van der Waals surface area contributed by atoms with Gasteiger partial charge in [-0.15, -0.1) is 0 Å². The Bertz CT molecular complexity index is 1470. The van der Waals surface area contributed by atoms with Crippen LogP contribution < -0.4 is 10.1 Å². The number of carbonyl (C=O) groups excluding carboxylic acids is 1. The Morgan fingerprint density at radius 1 is 1.03 bits per heavy atom. The maximum absolute atomic E-state index is 13.2. The first-order valence-electron chi connectivity index (χ1n) is 10.6. The molecule has 180 valence electrons. The van der Waals surface area contributed by atoms with Crippen molar-refractivity contribution in [3.63, 3.8) is 0 Å². The van der Waals surface area contributed by atoms with Crippen molar-refractivity contribution in [2.75, 3.05) is 16.8 Å². The van der Waals surface area contributed by atoms with Gasteiger partial charge in [0, 0.05) is 29.0 Å². The second kappa shape index (κ2) is 10.4. The molecular weight excluding hydrogens is 493 g/mol. The highest BCUT2D eigenvalue weighted by Gasteiger charge is 2.29. The molecule has 2 aromatic heterocycles. The number of sulfone groups is 1. The molecule has 2 aromatic carbocycles. The highest BCUT2D eigenvalue weighted by molar-refractivity contribution is 7.91. The van der Waals surface area contributed by atoms with E-state index in [2.05, 4.69) is 15.3 Å². The number of benzene rings is 2. The van der Waals surface area contributed by atoms with Gasteiger partial charge in [0.05, 0.1) is 22.7 Å². The van der Waals surface area contributed by atoms with Gasteiger partial charge in [0.25, 0.3) is 0 Å². The summed E-state index contributed by atoms with van der Waals surface area (Å²) in [5, 5.41) is 4.23. The van der Waals surface area contributed by atoms with Crippen molar-refractivity contribution in [2.24, 2.45) is 0 Å². The molecule has 3 heterocycles. The lowest BCUT2D eigenvalue weighted by Gasteiger charge is -2.15. The van der Waals surface area contributed by atoms with E-state index in [1.54, 1.807) is 30.6 Å². The van der Waals surface area contributed by atoms with Gasteiger partial charge >= 0.3 is 0 Å². The van der Waals surface area contributed by atoms with Gasteiger partial charge in [-0.05, 0) is 60.5 Å². The fraction of sp³-hybridized carbons (Fsp3) is 0.160. The summed E-state index contributed by atoms with van der Waals surface area (Å²) in [6, 6.07) is 15.3. The lowest BCUT2D eigenvalue weighted by atomic mass is 10.0. The predicted octanol–water partition coefficient (Wildman–Crippen LogP) is 5.21. The lowest BCUT2D eigenvalue weighted by molar-refractivity contribution is -0.0980. The molecule has 1 aliphatic heterocycles. The quantitative estimate of drug-likeness (QED) is 0.365. The van der Waals surface area contributed by atoms with Gasteiger partial charge < -0.3 is 14.8 Å². The molecule has 1 aliphatic rings. The monoisotopic (exact) mass is 513 g/mol. The Balaban J connectivity index is 0.00000141. The standard InChI is InChI=1S/C24H19ClFN3O3S.CH2O/c25-24-22(29-18-4-2-17(26)3-5-18)12-16(13-28-24)15-1-6-21-20(11-15)23(7-9-27-21)32-19-8-10-33(30,31)14-19;1-2/h1-7,9,11-13,19,29H,8,10,14H2;1H2. The van der Waals surface area contributed by atoms with Crippen molar-refractivity contribution in [3.05, 3.63) is 78.0 Å². The maximum atomic E-state index is 13.2. The Labute approximate surface area is 206 Å². The topological polar surface area (TPSA) is 98.2 Å². The number of carbonyl (C=O) groups is 1. The van der Waals surface area contributed by atoms with Crippen LogP contribution in [0.1, 0.15) is 6.42 Å². The van der Waals surface area contributed by atoms with Crippen LogP contribution in [0.2, 0.25) is 5.15 Å². The summed E-state index contributed by atoms with van der Waals surface area (Å²) in [4.78, 5) is 16.7. The molecule has 1 unspecified atom stereocenters. The van der Waals surface area contributed by atoms with Gasteiger partial charge in [0.1, 0.15) is 24.5 Å². The molecule has 10 heteroatoms. The Morgan fingerprint density at radius 3 is 2.51 bits per heavy atom.